The fourth-order valence-electron chi connectivity index (χ4n) is 2.69. The van der Waals surface area contributed by atoms with E-state index in [1.807, 2.05) is 13.8 Å². The lowest BCUT2D eigenvalue weighted by Gasteiger charge is -2.12. The first-order valence-corrected chi connectivity index (χ1v) is 9.99. The maximum Gasteiger partial charge on any atom is 0.328 e. The SMILES string of the molecule is COC(=O)CN(N)/N=C(\N)c1cccc(-c2nc(-c3ccc(OC(C)C)c(Cl)c3)no2)c1. The number of methoxy groups -OCH3 is 1. The maximum atomic E-state index is 11.3. The Morgan fingerprint density at radius 2 is 2.03 bits per heavy atom. The highest BCUT2D eigenvalue weighted by Crippen LogP contribution is 2.31. The third kappa shape index (κ3) is 5.74. The number of carbonyl (C=O) groups is 1. The van der Waals surface area contributed by atoms with Crippen LogP contribution in [0.15, 0.2) is 52.1 Å². The van der Waals surface area contributed by atoms with Crippen molar-refractivity contribution in [1.82, 2.24) is 15.3 Å². The largest absolute Gasteiger partial charge is 0.489 e. The summed E-state index contributed by atoms with van der Waals surface area (Å²) in [6, 6.07) is 12.3. The number of ether oxygens (including phenoxy) is 2. The van der Waals surface area contributed by atoms with Gasteiger partial charge in [-0.2, -0.15) is 4.98 Å². The number of nitrogens with zero attached hydrogens (tertiary/aromatic N) is 4. The molecule has 0 aliphatic carbocycles. The summed E-state index contributed by atoms with van der Waals surface area (Å²) in [5, 5.41) is 9.35. The average Bonchev–Trinajstić information content (AvgIpc) is 3.25. The van der Waals surface area contributed by atoms with Crippen molar-refractivity contribution < 1.29 is 18.8 Å². The van der Waals surface area contributed by atoms with Gasteiger partial charge < -0.3 is 19.7 Å². The van der Waals surface area contributed by atoms with Crippen LogP contribution >= 0.6 is 11.6 Å². The second kappa shape index (κ2) is 10.1. The summed E-state index contributed by atoms with van der Waals surface area (Å²) in [5.41, 5.74) is 7.87. The molecule has 3 aromatic rings. The van der Waals surface area contributed by atoms with E-state index in [-0.39, 0.29) is 24.4 Å². The second-order valence-electron chi connectivity index (χ2n) is 6.97. The molecule has 1 heterocycles. The lowest BCUT2D eigenvalue weighted by molar-refractivity contribution is -0.141. The zero-order chi connectivity index (χ0) is 23.3. The van der Waals surface area contributed by atoms with Gasteiger partial charge in [0.25, 0.3) is 5.89 Å². The predicted octanol–water partition coefficient (Wildman–Crippen LogP) is 2.81. The number of carbonyl (C=O) groups excluding carboxylic acids is 1. The third-order valence-corrected chi connectivity index (χ3v) is 4.43. The molecule has 0 spiro atoms. The van der Waals surface area contributed by atoms with Gasteiger partial charge in [0.2, 0.25) is 5.82 Å². The summed E-state index contributed by atoms with van der Waals surface area (Å²) in [6.45, 7) is 3.60. The molecule has 0 atom stereocenters. The lowest BCUT2D eigenvalue weighted by atomic mass is 10.1. The second-order valence-corrected chi connectivity index (χ2v) is 7.38. The molecule has 0 aliphatic heterocycles. The van der Waals surface area contributed by atoms with E-state index < -0.39 is 5.97 Å². The first-order valence-electron chi connectivity index (χ1n) is 9.61. The van der Waals surface area contributed by atoms with Crippen LogP contribution in [0.2, 0.25) is 5.02 Å². The first kappa shape index (κ1) is 23.0. The monoisotopic (exact) mass is 458 g/mol. The number of hydrazine groups is 1. The van der Waals surface area contributed by atoms with Crippen LogP contribution in [-0.4, -0.2) is 46.8 Å². The Balaban J connectivity index is 1.81. The van der Waals surface area contributed by atoms with E-state index in [9.17, 15) is 4.79 Å². The zero-order valence-corrected chi connectivity index (χ0v) is 18.5. The van der Waals surface area contributed by atoms with Crippen molar-refractivity contribution in [2.75, 3.05) is 13.7 Å². The summed E-state index contributed by atoms with van der Waals surface area (Å²) in [7, 11) is 1.26. The van der Waals surface area contributed by atoms with E-state index in [0.29, 0.717) is 33.3 Å². The van der Waals surface area contributed by atoms with Crippen molar-refractivity contribution in [2.24, 2.45) is 16.7 Å². The number of esters is 1. The zero-order valence-electron chi connectivity index (χ0n) is 17.8. The molecule has 4 N–H and O–H groups in total. The van der Waals surface area contributed by atoms with Crippen LogP contribution in [0.3, 0.4) is 0 Å². The van der Waals surface area contributed by atoms with Gasteiger partial charge in [0.1, 0.15) is 5.75 Å². The number of amidine groups is 1. The molecule has 1 aromatic heterocycles. The molecule has 3 rings (SSSR count). The topological polar surface area (TPSA) is 142 Å². The lowest BCUT2D eigenvalue weighted by Crippen LogP contribution is -2.34. The fraction of sp³-hybridized carbons (Fsp3) is 0.238. The van der Waals surface area contributed by atoms with Gasteiger partial charge in [-0.05, 0) is 44.2 Å². The molecule has 32 heavy (non-hydrogen) atoms. The number of hydrazone groups is 1. The minimum Gasteiger partial charge on any atom is -0.489 e. The van der Waals surface area contributed by atoms with Crippen LogP contribution in [-0.2, 0) is 9.53 Å². The molecule has 0 aliphatic rings. The molecule has 10 nitrogen and oxygen atoms in total. The first-order chi connectivity index (χ1) is 15.3. The van der Waals surface area contributed by atoms with Crippen molar-refractivity contribution >= 4 is 23.4 Å². The van der Waals surface area contributed by atoms with Gasteiger partial charge in [-0.25, -0.2) is 11.0 Å². The van der Waals surface area contributed by atoms with Crippen LogP contribution in [0.25, 0.3) is 22.8 Å². The molecule has 0 amide bonds. The fourth-order valence-corrected chi connectivity index (χ4v) is 2.91. The van der Waals surface area contributed by atoms with Crippen molar-refractivity contribution in [3.63, 3.8) is 0 Å². The highest BCUT2D eigenvalue weighted by Gasteiger charge is 2.14. The van der Waals surface area contributed by atoms with Gasteiger partial charge in [0.05, 0.1) is 18.2 Å². The van der Waals surface area contributed by atoms with E-state index in [4.69, 9.17) is 32.4 Å². The van der Waals surface area contributed by atoms with Crippen molar-refractivity contribution in [2.45, 2.75) is 20.0 Å². The number of halogens is 1. The molecule has 0 saturated heterocycles. The van der Waals surface area contributed by atoms with Crippen LogP contribution < -0.4 is 16.3 Å². The molecular formula is C21H23ClN6O4. The van der Waals surface area contributed by atoms with Crippen LogP contribution in [0.4, 0.5) is 0 Å². The number of benzene rings is 2. The number of nitrogens with two attached hydrogens (primary N) is 2. The van der Waals surface area contributed by atoms with Crippen LogP contribution in [0.1, 0.15) is 19.4 Å². The molecule has 0 bridgehead atoms. The molecular weight excluding hydrogens is 436 g/mol. The molecule has 168 valence electrons. The highest BCUT2D eigenvalue weighted by molar-refractivity contribution is 6.32. The predicted molar refractivity (Wildman–Crippen MR) is 120 cm³/mol. The summed E-state index contributed by atoms with van der Waals surface area (Å²) >= 11 is 6.30. The van der Waals surface area contributed by atoms with Gasteiger partial charge in [-0.3, -0.25) is 4.79 Å². The maximum absolute atomic E-state index is 11.3. The average molecular weight is 459 g/mol. The van der Waals surface area contributed by atoms with Crippen LogP contribution in [0, 0.1) is 0 Å². The third-order valence-electron chi connectivity index (χ3n) is 4.14. The number of hydrogen-bond acceptors (Lipinski definition) is 9. The van der Waals surface area contributed by atoms with E-state index in [2.05, 4.69) is 20.0 Å². The summed E-state index contributed by atoms with van der Waals surface area (Å²) < 4.78 is 15.6. The number of rotatable bonds is 8. The molecule has 0 saturated carbocycles. The minimum absolute atomic E-state index is 0.00481. The van der Waals surface area contributed by atoms with Gasteiger partial charge in [0, 0.05) is 16.7 Å². The molecule has 11 heteroatoms. The Kier molecular flexibility index (Phi) is 7.29. The Morgan fingerprint density at radius 3 is 2.72 bits per heavy atom. The quantitative estimate of drug-likeness (QED) is 0.171. The highest BCUT2D eigenvalue weighted by atomic mass is 35.5. The van der Waals surface area contributed by atoms with E-state index >= 15 is 0 Å². The summed E-state index contributed by atoms with van der Waals surface area (Å²) in [6.07, 6.45) is 0.00481. The van der Waals surface area contributed by atoms with Gasteiger partial charge in [-0.15, -0.1) is 5.10 Å². The Hall–Kier alpha value is -3.63. The Labute approximate surface area is 189 Å². The normalized spacial score (nSPS) is 11.5. The number of aromatic nitrogens is 2. The molecule has 0 radical (unpaired) electrons. The van der Waals surface area contributed by atoms with Crippen molar-refractivity contribution in [3.05, 3.63) is 53.1 Å². The molecule has 2 aromatic carbocycles. The Morgan fingerprint density at radius 1 is 1.25 bits per heavy atom. The van der Waals surface area contributed by atoms with Gasteiger partial charge in [-0.1, -0.05) is 28.9 Å². The summed E-state index contributed by atoms with van der Waals surface area (Å²) in [4.78, 5) is 15.7. The molecule has 0 fully saturated rings. The number of hydrogen-bond donors (Lipinski definition) is 2. The molecule has 0 unspecified atom stereocenters. The summed E-state index contributed by atoms with van der Waals surface area (Å²) in [5.74, 6) is 6.46. The minimum atomic E-state index is -0.542. The van der Waals surface area contributed by atoms with Gasteiger partial charge >= 0.3 is 5.97 Å². The van der Waals surface area contributed by atoms with Crippen LogP contribution in [0.5, 0.6) is 5.75 Å². The smallest absolute Gasteiger partial charge is 0.328 e. The van der Waals surface area contributed by atoms with E-state index in [1.165, 1.54) is 7.11 Å². The van der Waals surface area contributed by atoms with Crippen molar-refractivity contribution in [3.8, 4) is 28.6 Å². The van der Waals surface area contributed by atoms with E-state index in [1.54, 1.807) is 42.5 Å². The van der Waals surface area contributed by atoms with E-state index in [0.717, 1.165) is 5.12 Å². The van der Waals surface area contributed by atoms with Crippen molar-refractivity contribution in [1.29, 1.82) is 0 Å². The standard InChI is InChI=1S/C21H23ClN6O4/c1-12(2)31-17-8-7-14(10-16(17)22)20-25-21(32-27-20)15-6-4-5-13(9-15)19(23)26-28(24)11-18(29)30-3/h4-10,12H,11,24H2,1-3H3,(H2,23,26). The van der Waals surface area contributed by atoms with Gasteiger partial charge in [0.15, 0.2) is 12.4 Å². The Bertz CT molecular complexity index is 1130.